The number of ether oxygens (including phenoxy) is 2. The molecule has 0 aliphatic rings. The van der Waals surface area contributed by atoms with Crippen LogP contribution in [0, 0.1) is 0 Å². The van der Waals surface area contributed by atoms with Crippen molar-refractivity contribution in [3.8, 4) is 11.5 Å². The first kappa shape index (κ1) is 16.5. The number of nitrogens with zero attached hydrogens (tertiary/aromatic N) is 1. The van der Waals surface area contributed by atoms with Crippen LogP contribution in [0.5, 0.6) is 11.5 Å². The molecule has 0 saturated heterocycles. The van der Waals surface area contributed by atoms with E-state index in [1.165, 1.54) is 0 Å². The molecular formula is C20H18N2O3. The number of rotatable bonds is 6. The Morgan fingerprint density at radius 2 is 1.72 bits per heavy atom. The molecule has 0 aliphatic heterocycles. The molecule has 0 aliphatic carbocycles. The van der Waals surface area contributed by atoms with Gasteiger partial charge in [0.2, 0.25) is 0 Å². The number of methoxy groups -OCH3 is 1. The average molecular weight is 334 g/mol. The number of fused-ring (bicyclic) bond motifs is 1. The molecule has 5 heteroatoms. The number of para-hydroxylation sites is 1. The smallest absolute Gasteiger partial charge is 0.277 e. The van der Waals surface area contributed by atoms with Crippen LogP contribution >= 0.6 is 0 Å². The lowest BCUT2D eigenvalue weighted by molar-refractivity contribution is -0.123. The molecule has 0 heterocycles. The normalized spacial score (nSPS) is 10.8. The molecule has 5 nitrogen and oxygen atoms in total. The first-order valence-electron chi connectivity index (χ1n) is 7.83. The number of benzene rings is 3. The molecule has 3 aromatic rings. The lowest BCUT2D eigenvalue weighted by Crippen LogP contribution is -2.24. The van der Waals surface area contributed by atoms with E-state index in [0.717, 1.165) is 22.1 Å². The van der Waals surface area contributed by atoms with Gasteiger partial charge in [-0.25, -0.2) is 5.43 Å². The van der Waals surface area contributed by atoms with E-state index >= 15 is 0 Å². The highest BCUT2D eigenvalue weighted by molar-refractivity contribution is 6.02. The topological polar surface area (TPSA) is 59.9 Å². The van der Waals surface area contributed by atoms with Gasteiger partial charge in [-0.15, -0.1) is 0 Å². The van der Waals surface area contributed by atoms with Crippen molar-refractivity contribution in [2.24, 2.45) is 5.10 Å². The van der Waals surface area contributed by atoms with Crippen LogP contribution in [-0.4, -0.2) is 25.8 Å². The highest BCUT2D eigenvalue weighted by atomic mass is 16.5. The number of hydrogen-bond donors (Lipinski definition) is 1. The van der Waals surface area contributed by atoms with Crippen LogP contribution in [0.1, 0.15) is 5.56 Å². The van der Waals surface area contributed by atoms with Gasteiger partial charge in [-0.3, -0.25) is 4.79 Å². The van der Waals surface area contributed by atoms with Gasteiger partial charge in [-0.05, 0) is 29.7 Å². The van der Waals surface area contributed by atoms with Gasteiger partial charge in [-0.1, -0.05) is 42.5 Å². The molecule has 0 saturated carbocycles. The summed E-state index contributed by atoms with van der Waals surface area (Å²) in [7, 11) is 1.64. The van der Waals surface area contributed by atoms with E-state index in [1.54, 1.807) is 25.5 Å². The van der Waals surface area contributed by atoms with Crippen molar-refractivity contribution in [1.29, 1.82) is 0 Å². The average Bonchev–Trinajstić information content (AvgIpc) is 2.67. The Hall–Kier alpha value is -3.34. The number of carbonyl (C=O) groups excluding carboxylic acids is 1. The first-order chi connectivity index (χ1) is 12.3. The van der Waals surface area contributed by atoms with Crippen LogP contribution in [0.15, 0.2) is 71.8 Å². The van der Waals surface area contributed by atoms with Gasteiger partial charge in [0, 0.05) is 10.9 Å². The summed E-state index contributed by atoms with van der Waals surface area (Å²) >= 11 is 0. The molecule has 0 atom stereocenters. The Labute approximate surface area is 145 Å². The second-order valence-electron chi connectivity index (χ2n) is 5.30. The third-order valence-electron chi connectivity index (χ3n) is 3.64. The lowest BCUT2D eigenvalue weighted by atomic mass is 10.0. The molecule has 0 unspecified atom stereocenters. The second kappa shape index (κ2) is 7.97. The molecule has 3 rings (SSSR count). The molecule has 0 spiro atoms. The predicted octanol–water partition coefficient (Wildman–Crippen LogP) is 3.38. The van der Waals surface area contributed by atoms with Crippen LogP contribution < -0.4 is 14.9 Å². The molecule has 126 valence electrons. The maximum absolute atomic E-state index is 11.8. The quantitative estimate of drug-likeness (QED) is 0.555. The molecule has 1 N–H and O–H groups in total. The highest BCUT2D eigenvalue weighted by Gasteiger charge is 2.05. The van der Waals surface area contributed by atoms with Gasteiger partial charge >= 0.3 is 0 Å². The Kier molecular flexibility index (Phi) is 5.26. The first-order valence-corrected chi connectivity index (χ1v) is 7.83. The molecule has 0 aromatic heterocycles. The summed E-state index contributed by atoms with van der Waals surface area (Å²) in [5.41, 5.74) is 3.36. The number of amides is 1. The molecule has 0 radical (unpaired) electrons. The Morgan fingerprint density at radius 3 is 2.48 bits per heavy atom. The van der Waals surface area contributed by atoms with Crippen molar-refractivity contribution in [1.82, 2.24) is 5.43 Å². The third-order valence-corrected chi connectivity index (χ3v) is 3.64. The highest BCUT2D eigenvalue weighted by Crippen LogP contribution is 2.27. The van der Waals surface area contributed by atoms with Crippen LogP contribution in [-0.2, 0) is 4.79 Å². The van der Waals surface area contributed by atoms with Crippen LogP contribution in [0.4, 0.5) is 0 Å². The second-order valence-corrected chi connectivity index (χ2v) is 5.30. The molecule has 0 fully saturated rings. The van der Waals surface area contributed by atoms with Gasteiger partial charge in [0.05, 0.1) is 13.3 Å². The summed E-state index contributed by atoms with van der Waals surface area (Å²) < 4.78 is 10.7. The zero-order valence-electron chi connectivity index (χ0n) is 13.8. The summed E-state index contributed by atoms with van der Waals surface area (Å²) in [6.07, 6.45) is 1.61. The van der Waals surface area contributed by atoms with Crippen LogP contribution in [0.3, 0.4) is 0 Å². The fraction of sp³-hybridized carbons (Fsp3) is 0.100. The SMILES string of the molecule is COc1ccc(/C=N\NC(=O)COc2ccccc2)c2ccccc12. The zero-order valence-corrected chi connectivity index (χ0v) is 13.8. The van der Waals surface area contributed by atoms with E-state index < -0.39 is 0 Å². The Morgan fingerprint density at radius 1 is 1.00 bits per heavy atom. The molecule has 1 amide bonds. The van der Waals surface area contributed by atoms with Gasteiger partial charge < -0.3 is 9.47 Å². The number of hydrazone groups is 1. The molecule has 0 bridgehead atoms. The minimum atomic E-state index is -0.321. The third kappa shape index (κ3) is 4.14. The monoisotopic (exact) mass is 334 g/mol. The predicted molar refractivity (Wildman–Crippen MR) is 98.2 cm³/mol. The summed E-state index contributed by atoms with van der Waals surface area (Å²) in [6, 6.07) is 20.8. The summed E-state index contributed by atoms with van der Waals surface area (Å²) in [6.45, 7) is -0.0925. The summed E-state index contributed by atoms with van der Waals surface area (Å²) in [5, 5.41) is 6.01. The summed E-state index contributed by atoms with van der Waals surface area (Å²) in [5.74, 6) is 1.12. The van der Waals surface area contributed by atoms with E-state index in [1.807, 2.05) is 54.6 Å². The number of hydrogen-bond acceptors (Lipinski definition) is 4. The largest absolute Gasteiger partial charge is 0.496 e. The van der Waals surface area contributed by atoms with Crippen molar-refractivity contribution in [2.75, 3.05) is 13.7 Å². The van der Waals surface area contributed by atoms with Gasteiger partial charge in [-0.2, -0.15) is 5.10 Å². The Bertz CT molecular complexity index is 892. The maximum Gasteiger partial charge on any atom is 0.277 e. The van der Waals surface area contributed by atoms with Crippen LogP contribution in [0.25, 0.3) is 10.8 Å². The van der Waals surface area contributed by atoms with Crippen LogP contribution in [0.2, 0.25) is 0 Å². The van der Waals surface area contributed by atoms with Gasteiger partial charge in [0.1, 0.15) is 11.5 Å². The van der Waals surface area contributed by atoms with Gasteiger partial charge in [0.15, 0.2) is 6.61 Å². The number of carbonyl (C=O) groups is 1. The molecular weight excluding hydrogens is 316 g/mol. The zero-order chi connectivity index (χ0) is 17.5. The van der Waals surface area contributed by atoms with Crippen molar-refractivity contribution < 1.29 is 14.3 Å². The van der Waals surface area contributed by atoms with E-state index in [4.69, 9.17) is 9.47 Å². The van der Waals surface area contributed by atoms with Crippen molar-refractivity contribution in [2.45, 2.75) is 0 Å². The fourth-order valence-corrected chi connectivity index (χ4v) is 2.46. The fourth-order valence-electron chi connectivity index (χ4n) is 2.46. The summed E-state index contributed by atoms with van der Waals surface area (Å²) in [4.78, 5) is 11.8. The maximum atomic E-state index is 11.8. The van der Waals surface area contributed by atoms with E-state index in [-0.39, 0.29) is 12.5 Å². The van der Waals surface area contributed by atoms with E-state index in [2.05, 4.69) is 10.5 Å². The van der Waals surface area contributed by atoms with Crippen molar-refractivity contribution in [3.05, 3.63) is 72.3 Å². The van der Waals surface area contributed by atoms with E-state index in [0.29, 0.717) is 5.75 Å². The number of nitrogens with one attached hydrogen (secondary N) is 1. The Balaban J connectivity index is 1.64. The molecule has 25 heavy (non-hydrogen) atoms. The minimum Gasteiger partial charge on any atom is -0.496 e. The van der Waals surface area contributed by atoms with Crippen molar-refractivity contribution in [3.63, 3.8) is 0 Å². The molecule has 3 aromatic carbocycles. The minimum absolute atomic E-state index is 0.0925. The van der Waals surface area contributed by atoms with Gasteiger partial charge in [0.25, 0.3) is 5.91 Å². The van der Waals surface area contributed by atoms with Crippen molar-refractivity contribution >= 4 is 22.9 Å². The standard InChI is InChI=1S/C20H18N2O3/c1-24-19-12-11-15(17-9-5-6-10-18(17)19)13-21-22-20(23)14-25-16-7-3-2-4-8-16/h2-13H,14H2,1H3,(H,22,23)/b21-13-. The van der Waals surface area contributed by atoms with E-state index in [9.17, 15) is 4.79 Å². The lowest BCUT2D eigenvalue weighted by Gasteiger charge is -2.07.